The molecule has 0 radical (unpaired) electrons. The molecular weight excluding hydrogens is 397 g/mol. The van der Waals surface area contributed by atoms with Gasteiger partial charge < -0.3 is 9.15 Å². The van der Waals surface area contributed by atoms with Gasteiger partial charge in [0, 0.05) is 11.6 Å². The zero-order chi connectivity index (χ0) is 19.6. The summed E-state index contributed by atoms with van der Waals surface area (Å²) >= 11 is 6.47. The Morgan fingerprint density at radius 2 is 2.11 bits per heavy atom. The molecule has 0 unspecified atom stereocenters. The number of benzene rings is 1. The van der Waals surface area contributed by atoms with Gasteiger partial charge in [0.1, 0.15) is 23.9 Å². The molecule has 3 rings (SSSR count). The molecule has 1 aliphatic heterocycles. The Labute approximate surface area is 162 Å². The second-order valence-electron chi connectivity index (χ2n) is 5.40. The van der Waals surface area contributed by atoms with E-state index in [0.717, 1.165) is 4.90 Å². The highest BCUT2D eigenvalue weighted by Crippen LogP contribution is 2.33. The van der Waals surface area contributed by atoms with Crippen molar-refractivity contribution in [1.29, 1.82) is 0 Å². The maximum absolute atomic E-state index is 13.3. The van der Waals surface area contributed by atoms with Crippen molar-refractivity contribution < 1.29 is 27.9 Å². The van der Waals surface area contributed by atoms with E-state index < -0.39 is 29.5 Å². The summed E-state index contributed by atoms with van der Waals surface area (Å²) in [6.45, 7) is 1.36. The van der Waals surface area contributed by atoms with Crippen LogP contribution in [0.25, 0.3) is 17.4 Å². The Hall–Kier alpha value is -2.58. The molecule has 6 nitrogen and oxygen atoms in total. The van der Waals surface area contributed by atoms with E-state index in [1.54, 1.807) is 19.1 Å². The monoisotopic (exact) mass is 409 g/mol. The van der Waals surface area contributed by atoms with E-state index in [9.17, 15) is 18.8 Å². The Morgan fingerprint density at radius 3 is 2.81 bits per heavy atom. The van der Waals surface area contributed by atoms with Crippen LogP contribution >= 0.6 is 23.4 Å². The molecule has 140 valence electrons. The molecule has 2 heterocycles. The largest absolute Gasteiger partial charge is 0.465 e. The van der Waals surface area contributed by atoms with E-state index in [0.29, 0.717) is 28.8 Å². The summed E-state index contributed by atoms with van der Waals surface area (Å²) in [5, 5.41) is -0.595. The molecule has 0 aliphatic carbocycles. The molecule has 0 bridgehead atoms. The van der Waals surface area contributed by atoms with Crippen LogP contribution in [0, 0.1) is 5.82 Å². The molecule has 9 heteroatoms. The van der Waals surface area contributed by atoms with E-state index in [1.807, 2.05) is 0 Å². The number of esters is 1. The molecule has 1 saturated heterocycles. The van der Waals surface area contributed by atoms with E-state index in [1.165, 1.54) is 24.3 Å². The number of carbonyl (C=O) groups excluding carboxylic acids is 3. The average Bonchev–Trinajstić information content (AvgIpc) is 3.18. The van der Waals surface area contributed by atoms with E-state index >= 15 is 0 Å². The number of furan rings is 1. The summed E-state index contributed by atoms with van der Waals surface area (Å²) in [6.07, 6.45) is 1.41. The lowest BCUT2D eigenvalue weighted by Crippen LogP contribution is -2.34. The molecule has 1 aromatic heterocycles. The number of hydrogen-bond donors (Lipinski definition) is 0. The Bertz CT molecular complexity index is 955. The number of hydrogen-bond acceptors (Lipinski definition) is 6. The molecule has 1 fully saturated rings. The number of nitrogens with zero attached hydrogens (tertiary/aromatic N) is 1. The van der Waals surface area contributed by atoms with Crippen molar-refractivity contribution >= 4 is 46.6 Å². The molecule has 0 atom stereocenters. The van der Waals surface area contributed by atoms with Crippen LogP contribution in [0.1, 0.15) is 12.7 Å². The van der Waals surface area contributed by atoms with Crippen molar-refractivity contribution in [2.24, 2.45) is 0 Å². The number of thioether (sulfide) groups is 1. The number of carbonyl (C=O) groups is 3. The zero-order valence-electron chi connectivity index (χ0n) is 14.0. The van der Waals surface area contributed by atoms with Gasteiger partial charge in [-0.15, -0.1) is 0 Å². The third kappa shape index (κ3) is 4.23. The van der Waals surface area contributed by atoms with Crippen LogP contribution in [0.5, 0.6) is 0 Å². The van der Waals surface area contributed by atoms with Crippen molar-refractivity contribution in [3.8, 4) is 11.3 Å². The highest BCUT2D eigenvalue weighted by molar-refractivity contribution is 8.18. The molecule has 0 saturated carbocycles. The predicted molar refractivity (Wildman–Crippen MR) is 98.4 cm³/mol. The van der Waals surface area contributed by atoms with Gasteiger partial charge in [0.2, 0.25) is 0 Å². The molecule has 2 amide bonds. The standard InChI is InChI=1S/C18H13ClFNO5S/c1-2-25-16(22)9-21-17(23)15(27-18(21)24)8-11-4-6-14(26-11)10-3-5-13(20)12(19)7-10/h3-8H,2,9H2,1H3/b15-8-. The molecule has 2 aromatic rings. The van der Waals surface area contributed by atoms with Crippen molar-refractivity contribution in [3.63, 3.8) is 0 Å². The summed E-state index contributed by atoms with van der Waals surface area (Å²) in [4.78, 5) is 36.7. The SMILES string of the molecule is CCOC(=O)CN1C(=O)S/C(=C\c2ccc(-c3ccc(F)c(Cl)c3)o2)C1=O. The summed E-state index contributed by atoms with van der Waals surface area (Å²) < 4.78 is 23.6. The molecule has 0 N–H and O–H groups in total. The minimum Gasteiger partial charge on any atom is -0.465 e. The second kappa shape index (κ2) is 7.98. The maximum Gasteiger partial charge on any atom is 0.326 e. The van der Waals surface area contributed by atoms with E-state index in [2.05, 4.69) is 0 Å². The Balaban J connectivity index is 1.78. The predicted octanol–water partition coefficient (Wildman–Crippen LogP) is 4.34. The molecule has 0 spiro atoms. The van der Waals surface area contributed by atoms with Gasteiger partial charge in [-0.3, -0.25) is 19.3 Å². The lowest BCUT2D eigenvalue weighted by atomic mass is 10.2. The van der Waals surface area contributed by atoms with Gasteiger partial charge >= 0.3 is 5.97 Å². The van der Waals surface area contributed by atoms with Gasteiger partial charge in [0.05, 0.1) is 16.5 Å². The fraction of sp³-hybridized carbons (Fsp3) is 0.167. The highest BCUT2D eigenvalue weighted by atomic mass is 35.5. The molecular formula is C18H13ClFNO5S. The first-order valence-electron chi connectivity index (χ1n) is 7.85. The number of amides is 2. The van der Waals surface area contributed by atoms with E-state index in [4.69, 9.17) is 20.8 Å². The fourth-order valence-electron chi connectivity index (χ4n) is 2.34. The average molecular weight is 410 g/mol. The highest BCUT2D eigenvalue weighted by Gasteiger charge is 2.36. The molecule has 1 aliphatic rings. The minimum atomic E-state index is -0.658. The van der Waals surface area contributed by atoms with Gasteiger partial charge in [-0.25, -0.2) is 4.39 Å². The summed E-state index contributed by atoms with van der Waals surface area (Å²) in [5.41, 5.74) is 0.566. The third-order valence-corrected chi connectivity index (χ3v) is 4.77. The van der Waals surface area contributed by atoms with Crippen LogP contribution in [-0.4, -0.2) is 35.2 Å². The number of halogens is 2. The molecule has 1 aromatic carbocycles. The van der Waals surface area contributed by atoms with Crippen LogP contribution in [0.15, 0.2) is 39.7 Å². The van der Waals surface area contributed by atoms with Gasteiger partial charge in [0.25, 0.3) is 11.1 Å². The third-order valence-electron chi connectivity index (χ3n) is 3.57. The second-order valence-corrected chi connectivity index (χ2v) is 6.80. The van der Waals surface area contributed by atoms with Crippen molar-refractivity contribution in [2.75, 3.05) is 13.2 Å². The van der Waals surface area contributed by atoms with Crippen LogP contribution in [0.4, 0.5) is 9.18 Å². The minimum absolute atomic E-state index is 0.0365. The number of rotatable bonds is 5. The topological polar surface area (TPSA) is 76.8 Å². The summed E-state index contributed by atoms with van der Waals surface area (Å²) in [7, 11) is 0. The normalized spacial score (nSPS) is 15.7. The quantitative estimate of drug-likeness (QED) is 0.540. The van der Waals surface area contributed by atoms with Crippen LogP contribution in [0.3, 0.4) is 0 Å². The van der Waals surface area contributed by atoms with Gasteiger partial charge in [-0.2, -0.15) is 0 Å². The van der Waals surface area contributed by atoms with Crippen molar-refractivity contribution in [1.82, 2.24) is 4.90 Å². The van der Waals surface area contributed by atoms with Gasteiger partial charge in [0.15, 0.2) is 0 Å². The van der Waals surface area contributed by atoms with Crippen LogP contribution in [0.2, 0.25) is 5.02 Å². The first kappa shape index (κ1) is 19.2. The van der Waals surface area contributed by atoms with Crippen molar-refractivity contribution in [2.45, 2.75) is 6.92 Å². The van der Waals surface area contributed by atoms with E-state index in [-0.39, 0.29) is 16.5 Å². The first-order valence-corrected chi connectivity index (χ1v) is 9.04. The lowest BCUT2D eigenvalue weighted by Gasteiger charge is -2.10. The first-order chi connectivity index (χ1) is 12.9. The van der Waals surface area contributed by atoms with Gasteiger partial charge in [-0.1, -0.05) is 11.6 Å². The lowest BCUT2D eigenvalue weighted by molar-refractivity contribution is -0.145. The van der Waals surface area contributed by atoms with Crippen LogP contribution < -0.4 is 0 Å². The maximum atomic E-state index is 13.3. The van der Waals surface area contributed by atoms with Gasteiger partial charge in [-0.05, 0) is 49.0 Å². The summed E-state index contributed by atoms with van der Waals surface area (Å²) in [5.74, 6) is -1.04. The Kier molecular flexibility index (Phi) is 5.67. The molecule has 27 heavy (non-hydrogen) atoms. The Morgan fingerprint density at radius 1 is 1.33 bits per heavy atom. The number of ether oxygens (including phenoxy) is 1. The zero-order valence-corrected chi connectivity index (χ0v) is 15.6. The van der Waals surface area contributed by atoms with Crippen molar-refractivity contribution in [3.05, 3.63) is 51.8 Å². The number of imide groups is 1. The van der Waals surface area contributed by atoms with Crippen LogP contribution in [-0.2, 0) is 14.3 Å². The fourth-order valence-corrected chi connectivity index (χ4v) is 3.34. The smallest absolute Gasteiger partial charge is 0.326 e. The summed E-state index contributed by atoms with van der Waals surface area (Å²) in [6, 6.07) is 7.40.